The standard InChI is InChI=1S/C20H17BrN2O3S2/c21-18-10-11-19(27-18)28(25,26)22-16-9-8-14-7-4-12-23(17(14)13-16)20(24)15-5-2-1-3-6-15/h1-3,5-6,8-11,13,22H,4,7,12H2. The number of sulfonamides is 1. The Bertz CT molecular complexity index is 1130. The number of aryl methyl sites for hydroxylation is 1. The summed E-state index contributed by atoms with van der Waals surface area (Å²) >= 11 is 4.43. The molecule has 1 N–H and O–H groups in total. The van der Waals surface area contributed by atoms with Gasteiger partial charge in [0.05, 0.1) is 9.47 Å². The van der Waals surface area contributed by atoms with Crippen molar-refractivity contribution in [1.29, 1.82) is 0 Å². The average molecular weight is 477 g/mol. The van der Waals surface area contributed by atoms with Crippen LogP contribution in [0.5, 0.6) is 0 Å². The topological polar surface area (TPSA) is 66.5 Å². The lowest BCUT2D eigenvalue weighted by Gasteiger charge is -2.30. The van der Waals surface area contributed by atoms with Crippen LogP contribution in [0.25, 0.3) is 0 Å². The molecule has 1 aromatic heterocycles. The number of nitrogens with one attached hydrogen (secondary N) is 1. The third-order valence-corrected chi connectivity index (χ3v) is 8.03. The summed E-state index contributed by atoms with van der Waals surface area (Å²) < 4.78 is 28.8. The Balaban J connectivity index is 1.66. The molecular weight excluding hydrogens is 460 g/mol. The van der Waals surface area contributed by atoms with Crippen LogP contribution in [0, 0.1) is 0 Å². The highest BCUT2D eigenvalue weighted by Crippen LogP contribution is 2.33. The van der Waals surface area contributed by atoms with Crippen molar-refractivity contribution >= 4 is 54.6 Å². The molecule has 144 valence electrons. The summed E-state index contributed by atoms with van der Waals surface area (Å²) in [6, 6.07) is 17.8. The van der Waals surface area contributed by atoms with Crippen LogP contribution in [-0.4, -0.2) is 20.9 Å². The van der Waals surface area contributed by atoms with Crippen molar-refractivity contribution in [3.05, 3.63) is 75.6 Å². The Morgan fingerprint density at radius 2 is 1.86 bits per heavy atom. The van der Waals surface area contributed by atoms with E-state index in [9.17, 15) is 13.2 Å². The number of carbonyl (C=O) groups excluding carboxylic acids is 1. The first-order valence-electron chi connectivity index (χ1n) is 8.72. The Morgan fingerprint density at radius 3 is 2.57 bits per heavy atom. The Kier molecular flexibility index (Phi) is 5.27. The van der Waals surface area contributed by atoms with Gasteiger partial charge in [0.25, 0.3) is 15.9 Å². The van der Waals surface area contributed by atoms with Crippen LogP contribution < -0.4 is 9.62 Å². The molecule has 0 saturated carbocycles. The van der Waals surface area contributed by atoms with Crippen molar-refractivity contribution < 1.29 is 13.2 Å². The molecule has 0 fully saturated rings. The van der Waals surface area contributed by atoms with Crippen molar-refractivity contribution in [1.82, 2.24) is 0 Å². The number of carbonyl (C=O) groups is 1. The first kappa shape index (κ1) is 19.2. The van der Waals surface area contributed by atoms with Gasteiger partial charge in [-0.05, 0) is 70.7 Å². The molecule has 0 unspecified atom stereocenters. The Morgan fingerprint density at radius 1 is 1.07 bits per heavy atom. The number of benzene rings is 2. The first-order valence-corrected chi connectivity index (χ1v) is 11.8. The second-order valence-corrected chi connectivity index (χ2v) is 10.8. The van der Waals surface area contributed by atoms with E-state index in [1.165, 1.54) is 0 Å². The number of fused-ring (bicyclic) bond motifs is 1. The molecule has 1 aliphatic rings. The number of rotatable bonds is 4. The van der Waals surface area contributed by atoms with Gasteiger partial charge in [-0.2, -0.15) is 0 Å². The average Bonchev–Trinajstić information content (AvgIpc) is 3.15. The minimum absolute atomic E-state index is 0.0799. The van der Waals surface area contributed by atoms with E-state index in [1.807, 2.05) is 24.3 Å². The summed E-state index contributed by atoms with van der Waals surface area (Å²) in [5, 5.41) is 0. The molecule has 8 heteroatoms. The molecule has 3 aromatic rings. The number of hydrogen-bond donors (Lipinski definition) is 1. The molecule has 0 spiro atoms. The molecule has 1 aliphatic heterocycles. The van der Waals surface area contributed by atoms with Crippen LogP contribution >= 0.6 is 27.3 Å². The van der Waals surface area contributed by atoms with Crippen LogP contribution in [0.3, 0.4) is 0 Å². The second-order valence-electron chi connectivity index (χ2n) is 6.43. The van der Waals surface area contributed by atoms with Gasteiger partial charge in [0, 0.05) is 17.8 Å². The molecule has 1 amide bonds. The molecule has 28 heavy (non-hydrogen) atoms. The minimum atomic E-state index is -3.67. The fourth-order valence-corrected chi connectivity index (χ4v) is 6.29. The minimum Gasteiger partial charge on any atom is -0.308 e. The van der Waals surface area contributed by atoms with Gasteiger partial charge in [-0.15, -0.1) is 11.3 Å². The van der Waals surface area contributed by atoms with Gasteiger partial charge >= 0.3 is 0 Å². The number of nitrogens with zero attached hydrogens (tertiary/aromatic N) is 1. The largest absolute Gasteiger partial charge is 0.308 e. The van der Waals surface area contributed by atoms with E-state index in [2.05, 4.69) is 20.7 Å². The number of hydrogen-bond acceptors (Lipinski definition) is 4. The van der Waals surface area contributed by atoms with Gasteiger partial charge in [0.2, 0.25) is 0 Å². The lowest BCUT2D eigenvalue weighted by molar-refractivity contribution is 0.0985. The third-order valence-electron chi connectivity index (χ3n) is 4.54. The lowest BCUT2D eigenvalue weighted by atomic mass is 10.00. The summed E-state index contributed by atoms with van der Waals surface area (Å²) in [5.41, 5.74) is 2.85. The number of halogens is 1. The van der Waals surface area contributed by atoms with Crippen LogP contribution in [-0.2, 0) is 16.4 Å². The molecule has 0 aliphatic carbocycles. The normalized spacial score (nSPS) is 13.8. The third kappa shape index (κ3) is 3.85. The Labute approximate surface area is 176 Å². The second kappa shape index (κ2) is 7.69. The van der Waals surface area contributed by atoms with Crippen molar-refractivity contribution in [3.8, 4) is 0 Å². The zero-order chi connectivity index (χ0) is 19.7. The maximum Gasteiger partial charge on any atom is 0.271 e. The Hall–Kier alpha value is -2.16. The van der Waals surface area contributed by atoms with Crippen molar-refractivity contribution in [2.24, 2.45) is 0 Å². The van der Waals surface area contributed by atoms with Crippen molar-refractivity contribution in [2.75, 3.05) is 16.2 Å². The first-order chi connectivity index (χ1) is 13.4. The van der Waals surface area contributed by atoms with Gasteiger partial charge in [0.1, 0.15) is 4.21 Å². The zero-order valence-electron chi connectivity index (χ0n) is 14.8. The van der Waals surface area contributed by atoms with Crippen LogP contribution in [0.4, 0.5) is 11.4 Å². The van der Waals surface area contributed by atoms with Gasteiger partial charge < -0.3 is 4.90 Å². The fraction of sp³-hybridized carbons (Fsp3) is 0.150. The molecule has 2 heterocycles. The monoisotopic (exact) mass is 476 g/mol. The summed E-state index contributed by atoms with van der Waals surface area (Å²) in [6.45, 7) is 0.606. The molecule has 0 bridgehead atoms. The van der Waals surface area contributed by atoms with Crippen molar-refractivity contribution in [3.63, 3.8) is 0 Å². The quantitative estimate of drug-likeness (QED) is 0.581. The maximum atomic E-state index is 13.0. The molecule has 0 radical (unpaired) electrons. The van der Waals surface area contributed by atoms with E-state index in [-0.39, 0.29) is 10.1 Å². The zero-order valence-corrected chi connectivity index (χ0v) is 18.0. The van der Waals surface area contributed by atoms with Crippen molar-refractivity contribution in [2.45, 2.75) is 17.1 Å². The van der Waals surface area contributed by atoms with E-state index in [1.54, 1.807) is 41.3 Å². The predicted molar refractivity (Wildman–Crippen MR) is 116 cm³/mol. The maximum absolute atomic E-state index is 13.0. The summed E-state index contributed by atoms with van der Waals surface area (Å²) in [5.74, 6) is -0.0799. The molecular formula is C20H17BrN2O3S2. The SMILES string of the molecule is O=C(c1ccccc1)N1CCCc2ccc(NS(=O)(=O)c3ccc(Br)s3)cc21. The number of anilines is 2. The van der Waals surface area contributed by atoms with Gasteiger partial charge in [0.15, 0.2) is 0 Å². The van der Waals surface area contributed by atoms with E-state index >= 15 is 0 Å². The van der Waals surface area contributed by atoms with Crippen LogP contribution in [0.2, 0.25) is 0 Å². The van der Waals surface area contributed by atoms with E-state index in [4.69, 9.17) is 0 Å². The van der Waals surface area contributed by atoms with Gasteiger partial charge in [-0.3, -0.25) is 9.52 Å². The molecule has 0 atom stereocenters. The predicted octanol–water partition coefficient (Wildman–Crippen LogP) is 4.90. The molecule has 5 nitrogen and oxygen atoms in total. The highest BCUT2D eigenvalue weighted by molar-refractivity contribution is 9.11. The van der Waals surface area contributed by atoms with Gasteiger partial charge in [-0.1, -0.05) is 24.3 Å². The van der Waals surface area contributed by atoms with Crippen LogP contribution in [0.1, 0.15) is 22.3 Å². The van der Waals surface area contributed by atoms with Crippen LogP contribution in [0.15, 0.2) is 68.7 Å². The number of amides is 1. The highest BCUT2D eigenvalue weighted by Gasteiger charge is 2.25. The lowest BCUT2D eigenvalue weighted by Crippen LogP contribution is -2.35. The smallest absolute Gasteiger partial charge is 0.271 e. The molecule has 0 saturated heterocycles. The highest BCUT2D eigenvalue weighted by atomic mass is 79.9. The van der Waals surface area contributed by atoms with E-state index in [0.717, 1.165) is 39.2 Å². The summed E-state index contributed by atoms with van der Waals surface area (Å²) in [6.07, 6.45) is 1.73. The van der Waals surface area contributed by atoms with E-state index in [0.29, 0.717) is 17.8 Å². The van der Waals surface area contributed by atoms with Gasteiger partial charge in [-0.25, -0.2) is 8.42 Å². The summed E-state index contributed by atoms with van der Waals surface area (Å²) in [4.78, 5) is 14.7. The van der Waals surface area contributed by atoms with E-state index < -0.39 is 10.0 Å². The fourth-order valence-electron chi connectivity index (χ4n) is 3.23. The molecule has 4 rings (SSSR count). The summed E-state index contributed by atoms with van der Waals surface area (Å²) in [7, 11) is -3.67. The molecule has 2 aromatic carbocycles. The number of thiophene rings is 1.